The van der Waals surface area contributed by atoms with Crippen molar-refractivity contribution in [1.29, 1.82) is 0 Å². The summed E-state index contributed by atoms with van der Waals surface area (Å²) < 4.78 is 0. The molecule has 0 aliphatic rings. The summed E-state index contributed by atoms with van der Waals surface area (Å²) in [5, 5.41) is 15.4. The molecule has 0 unspecified atom stereocenters. The van der Waals surface area contributed by atoms with Gasteiger partial charge in [0.2, 0.25) is 0 Å². The third kappa shape index (κ3) is 36.7. The molecule has 6 N–H and O–H groups in total. The van der Waals surface area contributed by atoms with Crippen molar-refractivity contribution in [3.05, 3.63) is 0 Å². The Labute approximate surface area is 76.5 Å². The van der Waals surface area contributed by atoms with E-state index < -0.39 is 12.1 Å². The van der Waals surface area contributed by atoms with Gasteiger partial charge in [0.25, 0.3) is 0 Å². The smallest absolute Gasteiger partial charge is 0.402 e. The van der Waals surface area contributed by atoms with E-state index in [9.17, 15) is 4.79 Å². The van der Waals surface area contributed by atoms with Crippen LogP contribution in [-0.4, -0.2) is 28.8 Å². The zero-order valence-electron chi connectivity index (χ0n) is 7.40. The molecule has 13 heavy (non-hydrogen) atoms. The first-order valence-corrected chi connectivity index (χ1v) is 3.91. The van der Waals surface area contributed by atoms with Crippen molar-refractivity contribution in [2.75, 3.05) is 6.54 Å². The van der Waals surface area contributed by atoms with Crippen LogP contribution in [0.15, 0.2) is 0 Å². The lowest BCUT2D eigenvalue weighted by Gasteiger charge is -1.93. The molecule has 78 valence electrons. The normalized spacial score (nSPS) is 8.38. The van der Waals surface area contributed by atoms with Crippen molar-refractivity contribution in [1.82, 2.24) is 0 Å². The molecule has 0 atom stereocenters. The molecule has 0 heterocycles. The Kier molecular flexibility index (Phi) is 11.7. The van der Waals surface area contributed by atoms with Crippen LogP contribution in [0, 0.1) is 0 Å². The van der Waals surface area contributed by atoms with Crippen molar-refractivity contribution in [2.24, 2.45) is 11.5 Å². The Morgan fingerprint density at radius 3 is 1.85 bits per heavy atom. The summed E-state index contributed by atoms with van der Waals surface area (Å²) in [6.07, 6.45) is 1.57. The van der Waals surface area contributed by atoms with E-state index in [1.165, 1.54) is 0 Å². The highest BCUT2D eigenvalue weighted by Crippen LogP contribution is 1.97. The second kappa shape index (κ2) is 10.7. The number of aliphatic carboxylic acids is 1. The van der Waals surface area contributed by atoms with Gasteiger partial charge in [0, 0.05) is 6.42 Å². The van der Waals surface area contributed by atoms with Gasteiger partial charge in [-0.05, 0) is 19.4 Å². The van der Waals surface area contributed by atoms with E-state index in [4.69, 9.17) is 20.7 Å². The molecule has 0 saturated carbocycles. The summed E-state index contributed by atoms with van der Waals surface area (Å²) in [5.41, 5.74) is 9.23. The van der Waals surface area contributed by atoms with Gasteiger partial charge < -0.3 is 21.7 Å². The fourth-order valence-corrected chi connectivity index (χ4v) is 0.597. The number of hydrogen-bond donors (Lipinski definition) is 4. The quantitative estimate of drug-likeness (QED) is 0.463. The van der Waals surface area contributed by atoms with Gasteiger partial charge in [-0.25, -0.2) is 4.79 Å². The molecule has 0 aliphatic heterocycles. The maximum atomic E-state index is 9.93. The Morgan fingerprint density at radius 2 is 1.54 bits per heavy atom. The molecule has 1 amide bonds. The minimum Gasteiger partial charge on any atom is -0.481 e. The second-order valence-electron chi connectivity index (χ2n) is 2.33. The molecule has 0 saturated heterocycles. The van der Waals surface area contributed by atoms with Gasteiger partial charge in [-0.1, -0.05) is 6.42 Å². The first kappa shape index (κ1) is 14.2. The molecule has 0 bridgehead atoms. The first-order chi connectivity index (χ1) is 6.00. The summed E-state index contributed by atoms with van der Waals surface area (Å²) in [7, 11) is 0. The lowest BCUT2D eigenvalue weighted by Crippen LogP contribution is -2.03. The molecule has 0 fully saturated rings. The number of amides is 1. The van der Waals surface area contributed by atoms with Crippen LogP contribution in [0.2, 0.25) is 0 Å². The minimum atomic E-state index is -1.33. The van der Waals surface area contributed by atoms with Crippen molar-refractivity contribution in [3.63, 3.8) is 0 Å². The van der Waals surface area contributed by atoms with Gasteiger partial charge in [0.05, 0.1) is 0 Å². The van der Waals surface area contributed by atoms with Gasteiger partial charge in [-0.3, -0.25) is 4.79 Å². The van der Waals surface area contributed by atoms with Crippen LogP contribution in [0.25, 0.3) is 0 Å². The summed E-state index contributed by atoms with van der Waals surface area (Å²) in [5.74, 6) is -0.716. The number of carbonyl (C=O) groups is 2. The molecule has 0 aromatic heterocycles. The number of nitrogens with two attached hydrogens (primary N) is 2. The van der Waals surface area contributed by atoms with Gasteiger partial charge in [0.1, 0.15) is 0 Å². The minimum absolute atomic E-state index is 0.278. The van der Waals surface area contributed by atoms with E-state index in [0.29, 0.717) is 6.54 Å². The van der Waals surface area contributed by atoms with Crippen molar-refractivity contribution in [3.8, 4) is 0 Å². The standard InChI is InChI=1S/C6H13NO2.CH3NO2/c7-5-3-1-2-4-6(8)9;2-1(3)4/h1-5,7H2,(H,8,9);2H2,(H,3,4). The van der Waals surface area contributed by atoms with E-state index in [2.05, 4.69) is 5.73 Å². The van der Waals surface area contributed by atoms with Crippen LogP contribution in [-0.2, 0) is 4.79 Å². The number of hydrogen-bond acceptors (Lipinski definition) is 3. The van der Waals surface area contributed by atoms with E-state index >= 15 is 0 Å². The van der Waals surface area contributed by atoms with E-state index in [0.717, 1.165) is 19.3 Å². The van der Waals surface area contributed by atoms with Crippen LogP contribution in [0.1, 0.15) is 25.7 Å². The Balaban J connectivity index is 0. The van der Waals surface area contributed by atoms with Crippen LogP contribution in [0.3, 0.4) is 0 Å². The Morgan fingerprint density at radius 1 is 1.08 bits per heavy atom. The second-order valence-corrected chi connectivity index (χ2v) is 2.33. The Hall–Kier alpha value is -1.30. The lowest BCUT2D eigenvalue weighted by molar-refractivity contribution is -0.137. The van der Waals surface area contributed by atoms with E-state index in [1.54, 1.807) is 0 Å². The third-order valence-electron chi connectivity index (χ3n) is 1.09. The Bertz CT molecular complexity index is 145. The molecule has 0 aromatic rings. The third-order valence-corrected chi connectivity index (χ3v) is 1.09. The molecule has 0 aliphatic carbocycles. The monoisotopic (exact) mass is 192 g/mol. The average Bonchev–Trinajstić information content (AvgIpc) is 1.97. The number of rotatable bonds is 5. The highest BCUT2D eigenvalue weighted by Gasteiger charge is 1.94. The molecule has 0 aromatic carbocycles. The van der Waals surface area contributed by atoms with Crippen LogP contribution in [0.5, 0.6) is 0 Å². The topological polar surface area (TPSA) is 127 Å². The van der Waals surface area contributed by atoms with Crippen molar-refractivity contribution < 1.29 is 19.8 Å². The molecule has 6 nitrogen and oxygen atoms in total. The van der Waals surface area contributed by atoms with Crippen molar-refractivity contribution in [2.45, 2.75) is 25.7 Å². The fraction of sp³-hybridized carbons (Fsp3) is 0.714. The summed E-state index contributed by atoms with van der Waals surface area (Å²) in [6.45, 7) is 0.666. The summed E-state index contributed by atoms with van der Waals surface area (Å²) in [6, 6.07) is 0. The van der Waals surface area contributed by atoms with Crippen molar-refractivity contribution >= 4 is 12.1 Å². The SMILES string of the molecule is NC(=O)O.NCCCCCC(=O)O. The van der Waals surface area contributed by atoms with Gasteiger partial charge in [-0.15, -0.1) is 0 Å². The summed E-state index contributed by atoms with van der Waals surface area (Å²) in [4.78, 5) is 18.7. The lowest BCUT2D eigenvalue weighted by atomic mass is 10.2. The van der Waals surface area contributed by atoms with E-state index in [1.807, 2.05) is 0 Å². The largest absolute Gasteiger partial charge is 0.481 e. The highest BCUT2D eigenvalue weighted by atomic mass is 16.4. The maximum Gasteiger partial charge on any atom is 0.402 e. The van der Waals surface area contributed by atoms with Crippen LogP contribution >= 0.6 is 0 Å². The van der Waals surface area contributed by atoms with Gasteiger partial charge in [0.15, 0.2) is 0 Å². The highest BCUT2D eigenvalue weighted by molar-refractivity contribution is 5.66. The number of carboxylic acids is 1. The van der Waals surface area contributed by atoms with Crippen LogP contribution < -0.4 is 11.5 Å². The number of unbranched alkanes of at least 4 members (excludes halogenated alkanes) is 2. The summed E-state index contributed by atoms with van der Waals surface area (Å²) >= 11 is 0. The maximum absolute atomic E-state index is 9.93. The molecule has 0 rings (SSSR count). The molecule has 6 heteroatoms. The molecule has 0 radical (unpaired) electrons. The van der Waals surface area contributed by atoms with Gasteiger partial charge in [-0.2, -0.15) is 0 Å². The van der Waals surface area contributed by atoms with E-state index in [-0.39, 0.29) is 6.42 Å². The first-order valence-electron chi connectivity index (χ1n) is 3.91. The average molecular weight is 192 g/mol. The van der Waals surface area contributed by atoms with Gasteiger partial charge >= 0.3 is 12.1 Å². The zero-order chi connectivity index (χ0) is 10.7. The molecular formula is C7H16N2O4. The predicted octanol–water partition coefficient (Wildman–Crippen LogP) is 0.213. The predicted molar refractivity (Wildman–Crippen MR) is 47.4 cm³/mol. The molecule has 0 spiro atoms. The van der Waals surface area contributed by atoms with Crippen LogP contribution in [0.4, 0.5) is 4.79 Å². The number of primary amides is 1. The fourth-order valence-electron chi connectivity index (χ4n) is 0.597. The zero-order valence-corrected chi connectivity index (χ0v) is 7.40. The number of carboxylic acid groups (broad SMARTS) is 2. The molecular weight excluding hydrogens is 176 g/mol.